The summed E-state index contributed by atoms with van der Waals surface area (Å²) < 4.78 is 21.3. The SMILES string of the molecule is COCCCNC(=O)c1cc2ccc(OC(=O)COc3cc(C)ccc3C(C)C)cc2oc1=O. The first-order valence-electron chi connectivity index (χ1n) is 11.1. The fourth-order valence-corrected chi connectivity index (χ4v) is 3.37. The van der Waals surface area contributed by atoms with Crippen LogP contribution in [0.15, 0.2) is 51.7 Å². The minimum Gasteiger partial charge on any atom is -0.482 e. The molecule has 1 N–H and O–H groups in total. The predicted molar refractivity (Wildman–Crippen MR) is 128 cm³/mol. The largest absolute Gasteiger partial charge is 0.482 e. The van der Waals surface area contributed by atoms with Crippen LogP contribution in [-0.4, -0.2) is 38.7 Å². The van der Waals surface area contributed by atoms with Crippen LogP contribution in [0, 0.1) is 6.92 Å². The second kappa shape index (κ2) is 11.5. The number of methoxy groups -OCH3 is 1. The number of carbonyl (C=O) groups excluding carboxylic acids is 2. The van der Waals surface area contributed by atoms with E-state index < -0.39 is 17.5 Å². The molecule has 0 saturated carbocycles. The second-order valence-electron chi connectivity index (χ2n) is 8.21. The Balaban J connectivity index is 1.67. The summed E-state index contributed by atoms with van der Waals surface area (Å²) in [5.74, 6) is -0.0209. The van der Waals surface area contributed by atoms with Crippen molar-refractivity contribution >= 4 is 22.8 Å². The molecule has 0 aliphatic heterocycles. The van der Waals surface area contributed by atoms with Crippen LogP contribution in [-0.2, 0) is 9.53 Å². The monoisotopic (exact) mass is 467 g/mol. The molecule has 0 aliphatic rings. The molecule has 8 heteroatoms. The van der Waals surface area contributed by atoms with Crippen LogP contribution in [0.1, 0.15) is 47.7 Å². The minimum absolute atomic E-state index is 0.0952. The van der Waals surface area contributed by atoms with E-state index in [-0.39, 0.29) is 29.4 Å². The Morgan fingerprint density at radius 2 is 1.88 bits per heavy atom. The molecule has 2 aromatic carbocycles. The van der Waals surface area contributed by atoms with Gasteiger partial charge in [0.1, 0.15) is 22.6 Å². The Hall–Kier alpha value is -3.65. The molecule has 1 aromatic heterocycles. The van der Waals surface area contributed by atoms with Crippen LogP contribution >= 0.6 is 0 Å². The normalized spacial score (nSPS) is 11.0. The van der Waals surface area contributed by atoms with E-state index in [1.807, 2.05) is 25.1 Å². The number of benzene rings is 2. The van der Waals surface area contributed by atoms with Crippen LogP contribution in [0.25, 0.3) is 11.0 Å². The fraction of sp³-hybridized carbons (Fsp3) is 0.346. The highest BCUT2D eigenvalue weighted by Gasteiger charge is 2.15. The fourth-order valence-electron chi connectivity index (χ4n) is 3.37. The van der Waals surface area contributed by atoms with Crippen LogP contribution in [0.2, 0.25) is 0 Å². The summed E-state index contributed by atoms with van der Waals surface area (Å²) >= 11 is 0. The van der Waals surface area contributed by atoms with E-state index in [0.717, 1.165) is 11.1 Å². The van der Waals surface area contributed by atoms with Crippen LogP contribution < -0.4 is 20.4 Å². The minimum atomic E-state index is -0.774. The van der Waals surface area contributed by atoms with Crippen molar-refractivity contribution in [3.05, 3.63) is 69.6 Å². The number of hydrogen-bond donors (Lipinski definition) is 1. The van der Waals surface area contributed by atoms with Gasteiger partial charge in [0.05, 0.1) is 0 Å². The molecule has 3 aromatic rings. The average Bonchev–Trinajstić information content (AvgIpc) is 2.79. The Morgan fingerprint density at radius 3 is 2.62 bits per heavy atom. The number of aryl methyl sites for hydroxylation is 1. The van der Waals surface area contributed by atoms with Gasteiger partial charge in [-0.2, -0.15) is 0 Å². The van der Waals surface area contributed by atoms with Crippen molar-refractivity contribution in [2.75, 3.05) is 26.9 Å². The highest BCUT2D eigenvalue weighted by Crippen LogP contribution is 2.27. The van der Waals surface area contributed by atoms with E-state index in [1.54, 1.807) is 19.2 Å². The van der Waals surface area contributed by atoms with Gasteiger partial charge in [0.15, 0.2) is 6.61 Å². The van der Waals surface area contributed by atoms with Crippen molar-refractivity contribution in [3.63, 3.8) is 0 Å². The number of fused-ring (bicyclic) bond motifs is 1. The first-order valence-corrected chi connectivity index (χ1v) is 11.1. The molecule has 0 radical (unpaired) electrons. The standard InChI is InChI=1S/C26H29NO7/c1-16(2)20-9-6-17(3)12-23(20)32-15-24(28)33-19-8-7-18-13-21(26(30)34-22(18)14-19)25(29)27-10-5-11-31-4/h6-9,12-14,16H,5,10-11,15H2,1-4H3,(H,27,29). The number of amides is 1. The van der Waals surface area contributed by atoms with Crippen molar-refractivity contribution in [1.82, 2.24) is 5.32 Å². The molecule has 1 amide bonds. The maximum Gasteiger partial charge on any atom is 0.349 e. The zero-order chi connectivity index (χ0) is 24.7. The van der Waals surface area contributed by atoms with Gasteiger partial charge in [-0.1, -0.05) is 26.0 Å². The van der Waals surface area contributed by atoms with Crippen molar-refractivity contribution in [1.29, 1.82) is 0 Å². The molecule has 3 rings (SSSR count). The van der Waals surface area contributed by atoms with Crippen molar-refractivity contribution in [2.45, 2.75) is 33.1 Å². The average molecular weight is 468 g/mol. The molecule has 0 spiro atoms. The first-order chi connectivity index (χ1) is 16.3. The topological polar surface area (TPSA) is 104 Å². The molecule has 0 fully saturated rings. The summed E-state index contributed by atoms with van der Waals surface area (Å²) in [7, 11) is 1.57. The van der Waals surface area contributed by atoms with Crippen LogP contribution in [0.3, 0.4) is 0 Å². The third-order valence-corrected chi connectivity index (χ3v) is 5.13. The molecule has 0 saturated heterocycles. The number of nitrogens with one attached hydrogen (secondary N) is 1. The summed E-state index contributed by atoms with van der Waals surface area (Å²) in [6, 6.07) is 11.9. The number of carbonyl (C=O) groups is 2. The lowest BCUT2D eigenvalue weighted by Crippen LogP contribution is -2.29. The van der Waals surface area contributed by atoms with E-state index in [9.17, 15) is 14.4 Å². The van der Waals surface area contributed by atoms with Gasteiger partial charge in [-0.3, -0.25) is 4.79 Å². The Labute approximate surface area is 197 Å². The molecule has 0 bridgehead atoms. The van der Waals surface area contributed by atoms with E-state index in [2.05, 4.69) is 19.2 Å². The number of ether oxygens (including phenoxy) is 3. The van der Waals surface area contributed by atoms with Crippen molar-refractivity contribution < 1.29 is 28.2 Å². The van der Waals surface area contributed by atoms with Gasteiger partial charge in [-0.25, -0.2) is 9.59 Å². The van der Waals surface area contributed by atoms with Gasteiger partial charge in [0.25, 0.3) is 5.91 Å². The van der Waals surface area contributed by atoms with E-state index in [4.69, 9.17) is 18.6 Å². The zero-order valence-corrected chi connectivity index (χ0v) is 19.8. The van der Waals surface area contributed by atoms with Crippen LogP contribution in [0.4, 0.5) is 0 Å². The number of rotatable bonds is 10. The third kappa shape index (κ3) is 6.45. The maximum atomic E-state index is 12.3. The molecule has 1 heterocycles. The van der Waals surface area contributed by atoms with Crippen molar-refractivity contribution in [2.24, 2.45) is 0 Å². The molecule has 34 heavy (non-hydrogen) atoms. The molecular formula is C26H29NO7. The molecule has 0 aliphatic carbocycles. The second-order valence-corrected chi connectivity index (χ2v) is 8.21. The first kappa shape index (κ1) is 25.0. The number of esters is 1. The Morgan fingerprint density at radius 1 is 1.09 bits per heavy atom. The molecule has 0 atom stereocenters. The lowest BCUT2D eigenvalue weighted by molar-refractivity contribution is -0.136. The van der Waals surface area contributed by atoms with Gasteiger partial charge in [0.2, 0.25) is 0 Å². The number of hydrogen-bond acceptors (Lipinski definition) is 7. The smallest absolute Gasteiger partial charge is 0.349 e. The summed E-state index contributed by atoms with van der Waals surface area (Å²) in [5.41, 5.74) is 1.36. The van der Waals surface area contributed by atoms with E-state index in [0.29, 0.717) is 30.7 Å². The highest BCUT2D eigenvalue weighted by atomic mass is 16.6. The molecule has 180 valence electrons. The van der Waals surface area contributed by atoms with Gasteiger partial charge in [-0.05, 0) is 54.7 Å². The molecule has 8 nitrogen and oxygen atoms in total. The molecule has 0 unspecified atom stereocenters. The van der Waals surface area contributed by atoms with E-state index in [1.165, 1.54) is 12.1 Å². The van der Waals surface area contributed by atoms with Gasteiger partial charge in [-0.15, -0.1) is 0 Å². The van der Waals surface area contributed by atoms with Gasteiger partial charge < -0.3 is 23.9 Å². The quantitative estimate of drug-likeness (QED) is 0.208. The lowest BCUT2D eigenvalue weighted by Gasteiger charge is -2.14. The highest BCUT2D eigenvalue weighted by molar-refractivity contribution is 5.96. The van der Waals surface area contributed by atoms with Crippen LogP contribution in [0.5, 0.6) is 11.5 Å². The maximum absolute atomic E-state index is 12.3. The van der Waals surface area contributed by atoms with Crippen molar-refractivity contribution in [3.8, 4) is 11.5 Å². The summed E-state index contributed by atoms with van der Waals surface area (Å²) in [6.45, 7) is 6.66. The van der Waals surface area contributed by atoms with E-state index >= 15 is 0 Å². The summed E-state index contributed by atoms with van der Waals surface area (Å²) in [4.78, 5) is 36.9. The molecular weight excluding hydrogens is 438 g/mol. The third-order valence-electron chi connectivity index (χ3n) is 5.13. The Kier molecular flexibility index (Phi) is 8.43. The summed E-state index contributed by atoms with van der Waals surface area (Å²) in [6.07, 6.45) is 0.627. The van der Waals surface area contributed by atoms with Gasteiger partial charge in [0, 0.05) is 31.7 Å². The predicted octanol–water partition coefficient (Wildman–Crippen LogP) is 3.98. The lowest BCUT2D eigenvalue weighted by atomic mass is 10.0. The Bertz CT molecular complexity index is 1230. The summed E-state index contributed by atoms with van der Waals surface area (Å²) in [5, 5.41) is 3.18. The van der Waals surface area contributed by atoms with Gasteiger partial charge >= 0.3 is 11.6 Å². The zero-order valence-electron chi connectivity index (χ0n) is 19.8.